The Balaban J connectivity index is 1.68. The van der Waals surface area contributed by atoms with Gasteiger partial charge in [0.25, 0.3) is 11.1 Å². The normalized spacial score (nSPS) is 16.1. The summed E-state index contributed by atoms with van der Waals surface area (Å²) in [6.45, 7) is 1.87. The van der Waals surface area contributed by atoms with E-state index in [-0.39, 0.29) is 11.7 Å². The average molecular weight is 398 g/mol. The van der Waals surface area contributed by atoms with Gasteiger partial charge in [-0.25, -0.2) is 0 Å². The Labute approximate surface area is 165 Å². The minimum Gasteiger partial charge on any atom is -0.480 e. The van der Waals surface area contributed by atoms with E-state index in [0.29, 0.717) is 16.4 Å². The molecule has 1 heterocycles. The molecule has 1 saturated heterocycles. The largest absolute Gasteiger partial charge is 0.480 e. The van der Waals surface area contributed by atoms with Crippen molar-refractivity contribution in [1.82, 2.24) is 5.32 Å². The number of nitrogens with two attached hydrogens (primary N) is 1. The molecule has 1 aliphatic rings. The number of aliphatic carboxylic acids is 1. The number of ether oxygens (including phenoxy) is 1. The van der Waals surface area contributed by atoms with Crippen molar-refractivity contribution < 1.29 is 24.2 Å². The molecule has 0 aliphatic carbocycles. The highest BCUT2D eigenvalue weighted by Crippen LogP contribution is 2.28. The van der Waals surface area contributed by atoms with Crippen molar-refractivity contribution in [2.75, 3.05) is 0 Å². The molecule has 1 atom stereocenters. The number of benzene rings is 2. The molecule has 3 rings (SSSR count). The van der Waals surface area contributed by atoms with E-state index in [1.807, 2.05) is 13.0 Å². The van der Waals surface area contributed by atoms with E-state index in [2.05, 4.69) is 5.32 Å². The van der Waals surface area contributed by atoms with E-state index in [0.717, 1.165) is 28.5 Å². The fourth-order valence-electron chi connectivity index (χ4n) is 2.63. The quantitative estimate of drug-likeness (QED) is 0.640. The number of carboxylic acid groups (broad SMARTS) is 1. The van der Waals surface area contributed by atoms with Crippen molar-refractivity contribution >= 4 is 35.0 Å². The van der Waals surface area contributed by atoms with E-state index in [4.69, 9.17) is 15.6 Å². The molecule has 1 aliphatic heterocycles. The summed E-state index contributed by atoms with van der Waals surface area (Å²) >= 11 is 0.869. The molecule has 0 spiro atoms. The summed E-state index contributed by atoms with van der Waals surface area (Å²) in [5.41, 5.74) is 8.11. The predicted molar refractivity (Wildman–Crippen MR) is 106 cm³/mol. The third kappa shape index (κ3) is 4.79. The van der Waals surface area contributed by atoms with Gasteiger partial charge in [-0.3, -0.25) is 19.7 Å². The van der Waals surface area contributed by atoms with E-state index < -0.39 is 17.9 Å². The molecular formula is C20H18N2O5S. The van der Waals surface area contributed by atoms with Gasteiger partial charge in [0.15, 0.2) is 0 Å². The zero-order valence-electron chi connectivity index (χ0n) is 15.0. The topological polar surface area (TPSA) is 119 Å². The maximum Gasteiger partial charge on any atom is 0.320 e. The number of aryl methyl sites for hydroxylation is 1. The van der Waals surface area contributed by atoms with Crippen molar-refractivity contribution in [3.05, 3.63) is 64.1 Å². The number of nitrogens with one attached hydrogen (secondary N) is 1. The summed E-state index contributed by atoms with van der Waals surface area (Å²) in [6.07, 6.45) is 1.89. The lowest BCUT2D eigenvalue weighted by molar-refractivity contribution is -0.138. The highest BCUT2D eigenvalue weighted by atomic mass is 32.2. The van der Waals surface area contributed by atoms with Crippen LogP contribution in [0.4, 0.5) is 4.79 Å². The molecule has 2 amide bonds. The maximum absolute atomic E-state index is 11.6. The third-order valence-electron chi connectivity index (χ3n) is 4.13. The minimum atomic E-state index is -1.03. The highest BCUT2D eigenvalue weighted by Gasteiger charge is 2.24. The summed E-state index contributed by atoms with van der Waals surface area (Å²) in [5.74, 6) is -0.204. The molecule has 4 N–H and O–H groups in total. The molecule has 2 aromatic carbocycles. The van der Waals surface area contributed by atoms with Crippen LogP contribution in [0.2, 0.25) is 0 Å². The lowest BCUT2D eigenvalue weighted by Gasteiger charge is -2.12. The number of carboxylic acids is 1. The average Bonchev–Trinajstić information content (AvgIpc) is 2.96. The van der Waals surface area contributed by atoms with E-state index >= 15 is 0 Å². The first-order chi connectivity index (χ1) is 13.3. The second kappa shape index (κ2) is 8.28. The fourth-order valence-corrected chi connectivity index (χ4v) is 3.31. The molecule has 7 nitrogen and oxygen atoms in total. The number of imide groups is 1. The first kappa shape index (κ1) is 19.7. The van der Waals surface area contributed by atoms with Crippen LogP contribution in [-0.4, -0.2) is 28.3 Å². The summed E-state index contributed by atoms with van der Waals surface area (Å²) in [5, 5.41) is 10.8. The highest BCUT2D eigenvalue weighted by molar-refractivity contribution is 8.18. The van der Waals surface area contributed by atoms with Gasteiger partial charge in [0.1, 0.15) is 17.5 Å². The molecule has 1 unspecified atom stereocenters. The number of amides is 2. The van der Waals surface area contributed by atoms with Gasteiger partial charge >= 0.3 is 5.97 Å². The number of carbonyl (C=O) groups is 3. The van der Waals surface area contributed by atoms with E-state index in [9.17, 15) is 14.4 Å². The molecule has 144 valence electrons. The lowest BCUT2D eigenvalue weighted by atomic mass is 10.0. The molecule has 8 heteroatoms. The molecule has 0 aromatic heterocycles. The van der Waals surface area contributed by atoms with Crippen LogP contribution in [0, 0.1) is 6.92 Å². The summed E-state index contributed by atoms with van der Waals surface area (Å²) in [4.78, 5) is 34.0. The summed E-state index contributed by atoms with van der Waals surface area (Å²) < 4.78 is 5.82. The first-order valence-corrected chi connectivity index (χ1v) is 9.24. The molecule has 0 bridgehead atoms. The second-order valence-corrected chi connectivity index (χ2v) is 7.28. The Morgan fingerprint density at radius 1 is 1.21 bits per heavy atom. The SMILES string of the molecule is Cc1cc(Oc2ccc(C=C3SC(=O)NC3=O)cc2)ccc1CC(N)C(=O)O. The van der Waals surface area contributed by atoms with Gasteiger partial charge < -0.3 is 15.6 Å². The molecule has 0 saturated carbocycles. The second-order valence-electron chi connectivity index (χ2n) is 6.26. The zero-order valence-corrected chi connectivity index (χ0v) is 15.8. The lowest BCUT2D eigenvalue weighted by Crippen LogP contribution is -2.32. The van der Waals surface area contributed by atoms with Crippen LogP contribution in [0.3, 0.4) is 0 Å². The van der Waals surface area contributed by atoms with Crippen LogP contribution in [0.15, 0.2) is 47.4 Å². The number of carbonyl (C=O) groups excluding carboxylic acids is 2. The smallest absolute Gasteiger partial charge is 0.320 e. The molecular weight excluding hydrogens is 380 g/mol. The van der Waals surface area contributed by atoms with Crippen molar-refractivity contribution in [2.24, 2.45) is 5.73 Å². The Morgan fingerprint density at radius 2 is 1.89 bits per heavy atom. The first-order valence-electron chi connectivity index (χ1n) is 8.42. The minimum absolute atomic E-state index is 0.249. The van der Waals surface area contributed by atoms with Gasteiger partial charge in [-0.15, -0.1) is 0 Å². The maximum atomic E-state index is 11.6. The Morgan fingerprint density at radius 3 is 2.46 bits per heavy atom. The van der Waals surface area contributed by atoms with E-state index in [1.165, 1.54) is 0 Å². The number of thioether (sulfide) groups is 1. The van der Waals surface area contributed by atoms with Gasteiger partial charge in [0.05, 0.1) is 4.91 Å². The van der Waals surface area contributed by atoms with Crippen LogP contribution >= 0.6 is 11.8 Å². The van der Waals surface area contributed by atoms with Crippen molar-refractivity contribution in [3.63, 3.8) is 0 Å². The Kier molecular flexibility index (Phi) is 5.81. The van der Waals surface area contributed by atoms with Gasteiger partial charge in [0, 0.05) is 0 Å². The molecule has 2 aromatic rings. The van der Waals surface area contributed by atoms with E-state index in [1.54, 1.807) is 42.5 Å². The third-order valence-corrected chi connectivity index (χ3v) is 4.94. The van der Waals surface area contributed by atoms with Gasteiger partial charge in [-0.1, -0.05) is 18.2 Å². The molecule has 1 fully saturated rings. The number of hydrogen-bond donors (Lipinski definition) is 3. The van der Waals surface area contributed by atoms with Crippen LogP contribution < -0.4 is 15.8 Å². The Hall–Kier alpha value is -3.10. The van der Waals surface area contributed by atoms with Crippen LogP contribution in [0.5, 0.6) is 11.5 Å². The monoisotopic (exact) mass is 398 g/mol. The van der Waals surface area contributed by atoms with Crippen molar-refractivity contribution in [3.8, 4) is 11.5 Å². The van der Waals surface area contributed by atoms with Crippen LogP contribution in [0.1, 0.15) is 16.7 Å². The fraction of sp³-hybridized carbons (Fsp3) is 0.150. The van der Waals surface area contributed by atoms with Crippen LogP contribution in [-0.2, 0) is 16.0 Å². The summed E-state index contributed by atoms with van der Waals surface area (Å²) in [6, 6.07) is 11.5. The van der Waals surface area contributed by atoms with Gasteiger partial charge in [0.2, 0.25) is 0 Å². The van der Waals surface area contributed by atoms with Crippen LogP contribution in [0.25, 0.3) is 6.08 Å². The molecule has 0 radical (unpaired) electrons. The van der Waals surface area contributed by atoms with Gasteiger partial charge in [-0.2, -0.15) is 0 Å². The standard InChI is InChI=1S/C20H18N2O5S/c1-11-8-15(7-4-13(11)10-16(21)19(24)25)27-14-5-2-12(3-6-14)9-17-18(23)22-20(26)28-17/h2-9,16H,10,21H2,1H3,(H,24,25)(H,22,23,26). The predicted octanol–water partition coefficient (Wildman–Crippen LogP) is 3.07. The van der Waals surface area contributed by atoms with Crippen molar-refractivity contribution in [2.45, 2.75) is 19.4 Å². The summed E-state index contributed by atoms with van der Waals surface area (Å²) in [7, 11) is 0. The molecule has 28 heavy (non-hydrogen) atoms. The van der Waals surface area contributed by atoms with Crippen molar-refractivity contribution in [1.29, 1.82) is 0 Å². The number of hydrogen-bond acceptors (Lipinski definition) is 6. The number of rotatable bonds is 6. The van der Waals surface area contributed by atoms with Gasteiger partial charge in [-0.05, 0) is 72.1 Å². The zero-order chi connectivity index (χ0) is 20.3. The Bertz CT molecular complexity index is 969.